The minimum atomic E-state index is -3.72. The summed E-state index contributed by atoms with van der Waals surface area (Å²) in [4.78, 5) is 13.9. The highest BCUT2D eigenvalue weighted by atomic mass is 35.5. The molecule has 2 saturated heterocycles. The van der Waals surface area contributed by atoms with Crippen LogP contribution in [0, 0.1) is 13.8 Å². The summed E-state index contributed by atoms with van der Waals surface area (Å²) in [7, 11) is -1.02. The molecule has 352 valence electrons. The van der Waals surface area contributed by atoms with Gasteiger partial charge in [0.1, 0.15) is 21.3 Å². The Morgan fingerprint density at radius 3 is 1.33 bits per heavy atom. The summed E-state index contributed by atoms with van der Waals surface area (Å²) in [5.74, 6) is 2.67. The van der Waals surface area contributed by atoms with E-state index in [1.54, 1.807) is 42.3 Å². The molecule has 2 aromatic heterocycles. The Kier molecular flexibility index (Phi) is 15.9. The Morgan fingerprint density at radius 2 is 0.924 bits per heavy atom. The van der Waals surface area contributed by atoms with E-state index in [0.29, 0.717) is 96.5 Å². The molecule has 0 bridgehead atoms. The lowest BCUT2D eigenvalue weighted by molar-refractivity contribution is 0.355. The van der Waals surface area contributed by atoms with Gasteiger partial charge in [-0.05, 0) is 79.6 Å². The maximum Gasteiger partial charge on any atom is 0.244 e. The highest BCUT2D eigenvalue weighted by Gasteiger charge is 2.33. The predicted octanol–water partition coefficient (Wildman–Crippen LogP) is 9.91. The molecule has 0 N–H and O–H groups in total. The number of anilines is 2. The number of benzene rings is 4. The van der Waals surface area contributed by atoms with Crippen molar-refractivity contribution in [2.24, 2.45) is 0 Å². The largest absolute Gasteiger partial charge is 0.497 e. The number of piperazine rings is 2. The first-order chi connectivity index (χ1) is 31.5. The lowest BCUT2D eigenvalue weighted by Crippen LogP contribution is -2.48. The van der Waals surface area contributed by atoms with Gasteiger partial charge in [0.25, 0.3) is 0 Å². The number of methoxy groups -OCH3 is 4. The lowest BCUT2D eigenvalue weighted by Gasteiger charge is -2.34. The summed E-state index contributed by atoms with van der Waals surface area (Å²) in [6.45, 7) is 6.98. The molecule has 2 fully saturated rings. The summed E-state index contributed by atoms with van der Waals surface area (Å²) >= 11 is 27.6. The zero-order valence-electron chi connectivity index (χ0n) is 36.7. The fourth-order valence-corrected chi connectivity index (χ4v) is 13.4. The van der Waals surface area contributed by atoms with Crippen LogP contribution in [0.3, 0.4) is 0 Å². The minimum Gasteiger partial charge on any atom is -0.497 e. The summed E-state index contributed by atoms with van der Waals surface area (Å²) in [6.07, 6.45) is 0. The number of ether oxygens (including phenoxy) is 4. The quantitative estimate of drug-likeness (QED) is 0.115. The van der Waals surface area contributed by atoms with Crippen molar-refractivity contribution in [3.63, 3.8) is 0 Å². The molecule has 0 atom stereocenters. The maximum absolute atomic E-state index is 13.2. The van der Waals surface area contributed by atoms with E-state index in [-0.39, 0.29) is 19.8 Å². The van der Waals surface area contributed by atoms with Gasteiger partial charge in [-0.15, -0.1) is 22.7 Å². The van der Waals surface area contributed by atoms with E-state index in [1.807, 2.05) is 47.2 Å². The average Bonchev–Trinajstić information content (AvgIpc) is 4.03. The van der Waals surface area contributed by atoms with Crippen LogP contribution in [0.15, 0.2) is 81.2 Å². The highest BCUT2D eigenvalue weighted by molar-refractivity contribution is 7.89. The molecule has 2 aliphatic heterocycles. The van der Waals surface area contributed by atoms with Crippen molar-refractivity contribution in [1.82, 2.24) is 18.6 Å². The second-order valence-corrected chi connectivity index (χ2v) is 22.2. The van der Waals surface area contributed by atoms with Gasteiger partial charge < -0.3 is 28.7 Å². The van der Waals surface area contributed by atoms with E-state index in [0.717, 1.165) is 32.8 Å². The van der Waals surface area contributed by atoms with E-state index in [2.05, 4.69) is 9.80 Å². The van der Waals surface area contributed by atoms with E-state index < -0.39 is 20.0 Å². The van der Waals surface area contributed by atoms with Gasteiger partial charge in [-0.2, -0.15) is 8.61 Å². The Labute approximate surface area is 413 Å². The molecule has 6 aromatic rings. The number of nitrogens with zero attached hydrogens (tertiary/aromatic N) is 6. The number of hydrogen-bond acceptors (Lipinski definition) is 14. The zero-order chi connectivity index (χ0) is 47.5. The molecule has 14 nitrogen and oxygen atoms in total. The van der Waals surface area contributed by atoms with Crippen molar-refractivity contribution in [2.45, 2.75) is 23.6 Å². The molecule has 0 radical (unpaired) electrons. The van der Waals surface area contributed by atoms with Crippen LogP contribution in [-0.2, 0) is 20.0 Å². The number of aromatic nitrogens is 2. The van der Waals surface area contributed by atoms with Gasteiger partial charge in [-0.3, -0.25) is 0 Å². The molecule has 8 rings (SSSR count). The van der Waals surface area contributed by atoms with Gasteiger partial charge >= 0.3 is 0 Å². The molecular formula is C44H46Cl4N6O8S4. The molecule has 0 aliphatic carbocycles. The standard InChI is InChI=1S/2C22H23Cl2N3O4S2/c1-14-8-21(19(24)12-18(14)23)33(28,29)27-6-4-26(5-7-27)22-25-20(13-32-22)15-9-16(30-2)11-17(10-15)31-3;1-14-10-21(17(24)12-16(14)23)33(28,29)27-8-6-26(7-9-27)22-25-18(13-32-22)15-4-5-19(30-2)20(11-15)31-3/h8-13H,4-7H2,1-3H3;4-5,10-13H,6-9H2,1-3H3. The monoisotopic (exact) mass is 1050 g/mol. The first-order valence-corrected chi connectivity index (χ1v) is 26.4. The summed E-state index contributed by atoms with van der Waals surface area (Å²) in [5, 5.41) is 6.79. The van der Waals surface area contributed by atoms with Gasteiger partial charge in [0.15, 0.2) is 21.8 Å². The predicted molar refractivity (Wildman–Crippen MR) is 266 cm³/mol. The first-order valence-electron chi connectivity index (χ1n) is 20.3. The fraction of sp³-hybridized carbons (Fsp3) is 0.318. The van der Waals surface area contributed by atoms with Crippen LogP contribution in [0.5, 0.6) is 23.0 Å². The van der Waals surface area contributed by atoms with E-state index >= 15 is 0 Å². The minimum absolute atomic E-state index is 0.0861. The Balaban J connectivity index is 0.000000196. The topological polar surface area (TPSA) is 144 Å². The fourth-order valence-electron chi connectivity index (χ4n) is 7.21. The van der Waals surface area contributed by atoms with Crippen molar-refractivity contribution in [3.8, 4) is 45.5 Å². The normalized spacial score (nSPS) is 15.0. The van der Waals surface area contributed by atoms with Crippen molar-refractivity contribution in [1.29, 1.82) is 0 Å². The van der Waals surface area contributed by atoms with Crippen molar-refractivity contribution >= 4 is 99.4 Å². The molecule has 4 aromatic carbocycles. The maximum atomic E-state index is 13.2. The smallest absolute Gasteiger partial charge is 0.244 e. The van der Waals surface area contributed by atoms with E-state index in [4.69, 9.17) is 75.3 Å². The van der Waals surface area contributed by atoms with E-state index in [9.17, 15) is 16.8 Å². The van der Waals surface area contributed by atoms with Crippen LogP contribution in [0.4, 0.5) is 10.3 Å². The number of rotatable bonds is 12. The van der Waals surface area contributed by atoms with Crippen molar-refractivity contribution < 1.29 is 35.8 Å². The number of halogens is 4. The second-order valence-electron chi connectivity index (χ2n) is 15.0. The molecule has 0 unspecified atom stereocenters. The second kappa shape index (κ2) is 21.1. The van der Waals surface area contributed by atoms with Gasteiger partial charge in [0.05, 0.1) is 49.9 Å². The van der Waals surface area contributed by atoms with Crippen LogP contribution >= 0.6 is 69.1 Å². The molecule has 22 heteroatoms. The summed E-state index contributed by atoms with van der Waals surface area (Å²) in [6, 6.07) is 17.3. The Morgan fingerprint density at radius 1 is 0.500 bits per heavy atom. The Hall–Kier alpha value is -4.08. The number of sulfonamides is 2. The van der Waals surface area contributed by atoms with Crippen LogP contribution < -0.4 is 28.7 Å². The van der Waals surface area contributed by atoms with Crippen LogP contribution in [0.1, 0.15) is 11.1 Å². The van der Waals surface area contributed by atoms with Crippen molar-refractivity contribution in [3.05, 3.63) is 103 Å². The van der Waals surface area contributed by atoms with Crippen molar-refractivity contribution in [2.75, 3.05) is 90.6 Å². The summed E-state index contributed by atoms with van der Waals surface area (Å²) in [5.41, 5.74) is 4.79. The molecular weight excluding hydrogens is 1010 g/mol. The average molecular weight is 1060 g/mol. The van der Waals surface area contributed by atoms with Crippen LogP contribution in [-0.4, -0.2) is 116 Å². The molecule has 4 heterocycles. The van der Waals surface area contributed by atoms with Gasteiger partial charge in [0.2, 0.25) is 20.0 Å². The van der Waals surface area contributed by atoms with E-state index in [1.165, 1.54) is 55.5 Å². The third-order valence-corrected chi connectivity index (χ3v) is 18.3. The molecule has 0 saturated carbocycles. The Bertz CT molecular complexity index is 2920. The third kappa shape index (κ3) is 10.8. The van der Waals surface area contributed by atoms with Crippen LogP contribution in [0.2, 0.25) is 20.1 Å². The lowest BCUT2D eigenvalue weighted by atomic mass is 10.1. The zero-order valence-corrected chi connectivity index (χ0v) is 43.0. The molecule has 2 aliphatic rings. The number of aryl methyl sites for hydroxylation is 2. The number of thiazole rings is 2. The third-order valence-electron chi connectivity index (χ3n) is 11.0. The van der Waals surface area contributed by atoms with Gasteiger partial charge in [-0.25, -0.2) is 26.8 Å². The SMILES string of the molecule is COc1cc(OC)cc(-c2csc(N3CCN(S(=O)(=O)c4cc(C)c(Cl)cc4Cl)CC3)n2)c1.COc1ccc(-c2csc(N3CCN(S(=O)(=O)c4cc(C)c(Cl)cc4Cl)CC3)n2)cc1OC. The van der Waals surface area contributed by atoms with Gasteiger partial charge in [0, 0.05) is 90.4 Å². The first kappa shape index (κ1) is 49.8. The van der Waals surface area contributed by atoms with Crippen LogP contribution in [0.25, 0.3) is 22.5 Å². The van der Waals surface area contributed by atoms with Gasteiger partial charge in [-0.1, -0.05) is 46.4 Å². The number of hydrogen-bond donors (Lipinski definition) is 0. The summed E-state index contributed by atoms with van der Waals surface area (Å²) < 4.78 is 77.0. The molecule has 66 heavy (non-hydrogen) atoms. The highest BCUT2D eigenvalue weighted by Crippen LogP contribution is 2.37. The molecule has 0 spiro atoms. The molecule has 0 amide bonds.